The highest BCUT2D eigenvalue weighted by atomic mass is 16.5. The number of aromatic nitrogens is 4. The smallest absolute Gasteiger partial charge is 0.332 e. The van der Waals surface area contributed by atoms with Crippen molar-refractivity contribution in [3.63, 3.8) is 0 Å². The van der Waals surface area contributed by atoms with E-state index in [1.165, 1.54) is 17.2 Å². The summed E-state index contributed by atoms with van der Waals surface area (Å²) in [6.07, 6.45) is 0.914. The van der Waals surface area contributed by atoms with Gasteiger partial charge in [-0.1, -0.05) is 12.1 Å². The van der Waals surface area contributed by atoms with Crippen LogP contribution in [0, 0.1) is 0 Å². The largest absolute Gasteiger partial charge is 0.497 e. The van der Waals surface area contributed by atoms with Crippen LogP contribution in [0.4, 0.5) is 0 Å². The van der Waals surface area contributed by atoms with Crippen LogP contribution in [-0.4, -0.2) is 43.8 Å². The fraction of sp³-hybridized carbons (Fsp3) is 0.421. The summed E-state index contributed by atoms with van der Waals surface area (Å²) in [5.74, 6) is 1.70. The van der Waals surface area contributed by atoms with Crippen molar-refractivity contribution in [3.05, 3.63) is 56.5 Å². The van der Waals surface area contributed by atoms with Crippen LogP contribution < -0.4 is 16.0 Å². The summed E-state index contributed by atoms with van der Waals surface area (Å²) in [5.41, 5.74) is 1.58. The van der Waals surface area contributed by atoms with E-state index in [1.54, 1.807) is 14.2 Å². The highest BCUT2D eigenvalue weighted by molar-refractivity contribution is 5.71. The molecule has 1 aromatic carbocycles. The van der Waals surface area contributed by atoms with E-state index >= 15 is 0 Å². The Hall–Kier alpha value is -2.87. The topological polar surface area (TPSA) is 74.3 Å². The van der Waals surface area contributed by atoms with E-state index in [-0.39, 0.29) is 11.2 Å². The predicted octanol–water partition coefficient (Wildman–Crippen LogP) is 0.501. The van der Waals surface area contributed by atoms with Gasteiger partial charge in [0.05, 0.1) is 13.7 Å². The van der Waals surface area contributed by atoms with Gasteiger partial charge in [0.25, 0.3) is 5.56 Å². The molecule has 0 radical (unpaired) electrons. The Bertz CT molecular complexity index is 1120. The first-order valence-corrected chi connectivity index (χ1v) is 9.00. The Labute approximate surface area is 156 Å². The van der Waals surface area contributed by atoms with E-state index in [0.29, 0.717) is 24.3 Å². The number of fused-ring (bicyclic) bond motifs is 3. The highest BCUT2D eigenvalue weighted by Crippen LogP contribution is 2.18. The summed E-state index contributed by atoms with van der Waals surface area (Å²) in [5, 5.41) is 0. The quantitative estimate of drug-likeness (QED) is 0.670. The molecule has 0 bridgehead atoms. The lowest BCUT2D eigenvalue weighted by Crippen LogP contribution is -2.39. The van der Waals surface area contributed by atoms with Crippen LogP contribution in [0.25, 0.3) is 11.2 Å². The Morgan fingerprint density at radius 1 is 1.15 bits per heavy atom. The number of hydrogen-bond donors (Lipinski definition) is 0. The van der Waals surface area contributed by atoms with E-state index in [0.717, 1.165) is 35.7 Å². The van der Waals surface area contributed by atoms with Gasteiger partial charge < -0.3 is 9.30 Å². The van der Waals surface area contributed by atoms with E-state index in [1.807, 2.05) is 16.7 Å². The van der Waals surface area contributed by atoms with Crippen molar-refractivity contribution >= 4 is 11.2 Å². The monoisotopic (exact) mass is 369 g/mol. The third-order valence-corrected chi connectivity index (χ3v) is 5.28. The maximum absolute atomic E-state index is 12.6. The summed E-state index contributed by atoms with van der Waals surface area (Å²) >= 11 is 0. The van der Waals surface area contributed by atoms with Crippen molar-refractivity contribution in [2.24, 2.45) is 14.1 Å². The zero-order valence-electron chi connectivity index (χ0n) is 15.8. The summed E-state index contributed by atoms with van der Waals surface area (Å²) < 4.78 is 9.83. The molecule has 2 aromatic heterocycles. The molecule has 0 unspecified atom stereocenters. The van der Waals surface area contributed by atoms with Gasteiger partial charge in [-0.25, -0.2) is 9.78 Å². The van der Waals surface area contributed by atoms with Crippen LogP contribution in [0.5, 0.6) is 5.75 Å². The Kier molecular flexibility index (Phi) is 4.35. The lowest BCUT2D eigenvalue weighted by Gasteiger charge is -2.27. The molecule has 0 aliphatic carbocycles. The molecule has 0 N–H and O–H groups in total. The molecule has 0 spiro atoms. The first kappa shape index (κ1) is 17.5. The maximum atomic E-state index is 12.6. The molecule has 4 rings (SSSR count). The Morgan fingerprint density at radius 2 is 1.96 bits per heavy atom. The third kappa shape index (κ3) is 2.95. The number of nitrogens with zero attached hydrogens (tertiary/aromatic N) is 5. The Balaban J connectivity index is 1.58. The van der Waals surface area contributed by atoms with Crippen molar-refractivity contribution in [3.8, 4) is 5.75 Å². The van der Waals surface area contributed by atoms with Gasteiger partial charge in [0, 0.05) is 33.7 Å². The highest BCUT2D eigenvalue weighted by Gasteiger charge is 2.24. The second kappa shape index (κ2) is 6.70. The molecule has 27 heavy (non-hydrogen) atoms. The fourth-order valence-electron chi connectivity index (χ4n) is 3.68. The van der Waals surface area contributed by atoms with Gasteiger partial charge in [0.15, 0.2) is 11.2 Å². The molecule has 0 saturated carbocycles. The van der Waals surface area contributed by atoms with Gasteiger partial charge >= 0.3 is 5.69 Å². The van der Waals surface area contributed by atoms with Crippen LogP contribution in [0.2, 0.25) is 0 Å². The molecule has 1 aliphatic rings. The van der Waals surface area contributed by atoms with Gasteiger partial charge in [0.2, 0.25) is 0 Å². The fourth-order valence-corrected chi connectivity index (χ4v) is 3.68. The summed E-state index contributed by atoms with van der Waals surface area (Å²) in [6, 6.07) is 8.09. The van der Waals surface area contributed by atoms with Crippen molar-refractivity contribution in [1.82, 2.24) is 23.6 Å². The first-order valence-electron chi connectivity index (χ1n) is 9.00. The lowest BCUT2D eigenvalue weighted by atomic mass is 10.1. The van der Waals surface area contributed by atoms with Gasteiger partial charge in [-0.2, -0.15) is 0 Å². The zero-order valence-corrected chi connectivity index (χ0v) is 15.8. The normalized spacial score (nSPS) is 14.5. The minimum absolute atomic E-state index is 0.281. The molecule has 142 valence electrons. The van der Waals surface area contributed by atoms with Crippen LogP contribution in [0.3, 0.4) is 0 Å². The number of rotatable bonds is 4. The van der Waals surface area contributed by atoms with Crippen molar-refractivity contribution in [2.75, 3.05) is 20.2 Å². The average Bonchev–Trinajstić information content (AvgIpc) is 3.08. The number of benzene rings is 1. The third-order valence-electron chi connectivity index (χ3n) is 5.28. The predicted molar refractivity (Wildman–Crippen MR) is 102 cm³/mol. The van der Waals surface area contributed by atoms with Crippen molar-refractivity contribution in [2.45, 2.75) is 19.5 Å². The second-order valence-corrected chi connectivity index (χ2v) is 6.94. The van der Waals surface area contributed by atoms with Gasteiger partial charge in [0.1, 0.15) is 11.6 Å². The van der Waals surface area contributed by atoms with Crippen molar-refractivity contribution in [1.29, 1.82) is 0 Å². The van der Waals surface area contributed by atoms with Crippen LogP contribution in [0.1, 0.15) is 11.4 Å². The Morgan fingerprint density at radius 3 is 2.74 bits per heavy atom. The van der Waals surface area contributed by atoms with Crippen LogP contribution in [0.15, 0.2) is 33.9 Å². The molecular weight excluding hydrogens is 346 g/mol. The number of methoxy groups -OCH3 is 1. The average molecular weight is 369 g/mol. The number of imidazole rings is 1. The minimum atomic E-state index is -0.349. The zero-order chi connectivity index (χ0) is 19.1. The molecule has 3 heterocycles. The van der Waals surface area contributed by atoms with Gasteiger partial charge in [-0.3, -0.25) is 18.8 Å². The lowest BCUT2D eigenvalue weighted by molar-refractivity contribution is 0.221. The number of aryl methyl sites for hydroxylation is 1. The standard InChI is InChI=1S/C19H23N5O3/c1-21-17-16(18(25)22(2)19(21)26)24-10-9-23(12-15(24)20-17)8-7-13-5-4-6-14(11-13)27-3/h4-6,11H,7-10,12H2,1-3H3. The SMILES string of the molecule is COc1cccc(CCN2CCn3c(nc4c3c(=O)n(C)c(=O)n4C)C2)c1. The minimum Gasteiger partial charge on any atom is -0.497 e. The molecular formula is C19H23N5O3. The van der Waals surface area contributed by atoms with E-state index in [9.17, 15) is 9.59 Å². The molecule has 3 aromatic rings. The van der Waals surface area contributed by atoms with E-state index in [4.69, 9.17) is 4.74 Å². The van der Waals surface area contributed by atoms with Crippen LogP contribution >= 0.6 is 0 Å². The molecule has 1 aliphatic heterocycles. The molecule has 8 nitrogen and oxygen atoms in total. The van der Waals surface area contributed by atoms with E-state index in [2.05, 4.69) is 22.0 Å². The number of ether oxygens (including phenoxy) is 1. The summed E-state index contributed by atoms with van der Waals surface area (Å²) in [4.78, 5) is 31.6. The van der Waals surface area contributed by atoms with Crippen molar-refractivity contribution < 1.29 is 4.74 Å². The molecule has 0 amide bonds. The summed E-state index contributed by atoms with van der Waals surface area (Å²) in [6.45, 7) is 3.09. The molecule has 0 fully saturated rings. The van der Waals surface area contributed by atoms with E-state index < -0.39 is 0 Å². The maximum Gasteiger partial charge on any atom is 0.332 e. The molecule has 0 atom stereocenters. The van der Waals surface area contributed by atoms with Crippen LogP contribution in [-0.2, 0) is 33.6 Å². The first-order chi connectivity index (χ1) is 13.0. The van der Waals surface area contributed by atoms with Gasteiger partial charge in [-0.15, -0.1) is 0 Å². The summed E-state index contributed by atoms with van der Waals surface area (Å²) in [7, 11) is 4.84. The number of hydrogen-bond acceptors (Lipinski definition) is 5. The molecule has 0 saturated heterocycles. The second-order valence-electron chi connectivity index (χ2n) is 6.94. The molecule has 8 heteroatoms. The van der Waals surface area contributed by atoms with Gasteiger partial charge in [-0.05, 0) is 24.1 Å².